The molecule has 0 bridgehead atoms. The molecule has 1 aliphatic carbocycles. The van der Waals surface area contributed by atoms with Gasteiger partial charge in [0.25, 0.3) is 5.69 Å². The molecule has 0 unspecified atom stereocenters. The van der Waals surface area contributed by atoms with E-state index in [-0.39, 0.29) is 16.7 Å². The second kappa shape index (κ2) is 5.48. The zero-order chi connectivity index (χ0) is 16.8. The minimum atomic E-state index is -0.346. The average molecular weight is 320 g/mol. The molecule has 2 aliphatic rings. The number of nitro benzene ring substituents is 1. The third-order valence-corrected chi connectivity index (χ3v) is 5.53. The number of allylic oxidation sites excluding steroid dienone is 2. The summed E-state index contributed by atoms with van der Waals surface area (Å²) in [5.41, 5.74) is 6.43. The highest BCUT2D eigenvalue weighted by atomic mass is 16.6. The number of hydrogen-bond acceptors (Lipinski definition) is 3. The summed E-state index contributed by atoms with van der Waals surface area (Å²) in [6.45, 7) is 4.29. The van der Waals surface area contributed by atoms with Gasteiger partial charge in [-0.3, -0.25) is 10.1 Å². The molecule has 24 heavy (non-hydrogen) atoms. The topological polar surface area (TPSA) is 55.2 Å². The molecule has 3 atom stereocenters. The first-order chi connectivity index (χ1) is 11.6. The van der Waals surface area contributed by atoms with E-state index in [1.54, 1.807) is 12.1 Å². The normalized spacial score (nSPS) is 24.2. The predicted molar refractivity (Wildman–Crippen MR) is 95.4 cm³/mol. The summed E-state index contributed by atoms with van der Waals surface area (Å²) >= 11 is 0. The second-order valence-corrected chi connectivity index (χ2v) is 6.80. The van der Waals surface area contributed by atoms with Crippen molar-refractivity contribution < 1.29 is 4.92 Å². The smallest absolute Gasteiger partial charge is 0.269 e. The first kappa shape index (κ1) is 14.9. The molecule has 0 spiro atoms. The van der Waals surface area contributed by atoms with E-state index >= 15 is 0 Å². The quantitative estimate of drug-likeness (QED) is 0.479. The van der Waals surface area contributed by atoms with Gasteiger partial charge in [-0.05, 0) is 48.4 Å². The van der Waals surface area contributed by atoms with Crippen LogP contribution in [0.2, 0.25) is 0 Å². The molecule has 2 aromatic carbocycles. The van der Waals surface area contributed by atoms with Crippen LogP contribution >= 0.6 is 0 Å². The van der Waals surface area contributed by atoms with Gasteiger partial charge in [-0.2, -0.15) is 0 Å². The maximum Gasteiger partial charge on any atom is 0.269 e. The zero-order valence-electron chi connectivity index (χ0n) is 13.8. The Morgan fingerprint density at radius 2 is 1.88 bits per heavy atom. The Morgan fingerprint density at radius 1 is 1.12 bits per heavy atom. The summed E-state index contributed by atoms with van der Waals surface area (Å²) in [5, 5.41) is 14.6. The summed E-state index contributed by atoms with van der Waals surface area (Å²) in [4.78, 5) is 10.6. The minimum absolute atomic E-state index is 0.142. The molecule has 0 aromatic heterocycles. The van der Waals surface area contributed by atoms with Crippen molar-refractivity contribution in [3.8, 4) is 0 Å². The minimum Gasteiger partial charge on any atom is -0.377 e. The molecule has 0 saturated heterocycles. The number of aryl methyl sites for hydroxylation is 1. The summed E-state index contributed by atoms with van der Waals surface area (Å²) in [5.74, 6) is 0.877. The first-order valence-corrected chi connectivity index (χ1v) is 8.34. The standard InChI is InChI=1S/C20H20N2O2/c1-12-6-11-18-16-4-3-5-17(16)20(21-19(18)13(12)2)14-7-9-15(10-8-14)22(23)24/h3-4,6-11,16-17,20-21H,5H2,1-2H3/t16-,17-,20+/m0/s1. The van der Waals surface area contributed by atoms with Crippen molar-refractivity contribution in [2.24, 2.45) is 5.92 Å². The molecule has 0 amide bonds. The van der Waals surface area contributed by atoms with Crippen LogP contribution in [0.25, 0.3) is 0 Å². The van der Waals surface area contributed by atoms with Gasteiger partial charge < -0.3 is 5.32 Å². The van der Waals surface area contributed by atoms with Crippen molar-refractivity contribution >= 4 is 11.4 Å². The van der Waals surface area contributed by atoms with Gasteiger partial charge in [0.1, 0.15) is 0 Å². The van der Waals surface area contributed by atoms with Crippen molar-refractivity contribution in [3.05, 3.63) is 80.9 Å². The lowest BCUT2D eigenvalue weighted by atomic mass is 9.76. The predicted octanol–water partition coefficient (Wildman–Crippen LogP) is 5.04. The Kier molecular flexibility index (Phi) is 3.41. The number of nitrogens with one attached hydrogen (secondary N) is 1. The molecule has 4 rings (SSSR count). The molecule has 0 fully saturated rings. The van der Waals surface area contributed by atoms with E-state index in [1.807, 2.05) is 12.1 Å². The molecule has 2 aromatic rings. The molecular formula is C20H20N2O2. The van der Waals surface area contributed by atoms with Gasteiger partial charge >= 0.3 is 0 Å². The number of rotatable bonds is 2. The summed E-state index contributed by atoms with van der Waals surface area (Å²) in [6.07, 6.45) is 5.61. The zero-order valence-corrected chi connectivity index (χ0v) is 13.8. The van der Waals surface area contributed by atoms with Crippen LogP contribution in [0.4, 0.5) is 11.4 Å². The molecule has 0 saturated carbocycles. The Bertz CT molecular complexity index is 839. The molecule has 4 nitrogen and oxygen atoms in total. The first-order valence-electron chi connectivity index (χ1n) is 8.34. The highest BCUT2D eigenvalue weighted by Gasteiger charge is 2.38. The van der Waals surface area contributed by atoms with Crippen LogP contribution in [0.15, 0.2) is 48.6 Å². The Balaban J connectivity index is 1.77. The molecule has 0 radical (unpaired) electrons. The van der Waals surface area contributed by atoms with Crippen LogP contribution in [0, 0.1) is 29.9 Å². The van der Waals surface area contributed by atoms with E-state index < -0.39 is 0 Å². The van der Waals surface area contributed by atoms with Crippen molar-refractivity contribution in [1.82, 2.24) is 0 Å². The third-order valence-electron chi connectivity index (χ3n) is 5.53. The van der Waals surface area contributed by atoms with E-state index in [4.69, 9.17) is 0 Å². The third kappa shape index (κ3) is 2.21. The maximum absolute atomic E-state index is 10.9. The van der Waals surface area contributed by atoms with Crippen molar-refractivity contribution in [3.63, 3.8) is 0 Å². The monoisotopic (exact) mass is 320 g/mol. The lowest BCUT2D eigenvalue weighted by Gasteiger charge is -2.38. The Hall–Kier alpha value is -2.62. The van der Waals surface area contributed by atoms with Crippen LogP contribution in [0.1, 0.15) is 40.6 Å². The van der Waals surface area contributed by atoms with Crippen LogP contribution in [0.5, 0.6) is 0 Å². The molecular weight excluding hydrogens is 300 g/mol. The van der Waals surface area contributed by atoms with Gasteiger partial charge in [-0.25, -0.2) is 0 Å². The van der Waals surface area contributed by atoms with E-state index in [1.165, 1.54) is 22.4 Å². The molecule has 1 heterocycles. The van der Waals surface area contributed by atoms with Crippen LogP contribution < -0.4 is 5.32 Å². The number of hydrogen-bond donors (Lipinski definition) is 1. The fraction of sp³-hybridized carbons (Fsp3) is 0.300. The second-order valence-electron chi connectivity index (χ2n) is 6.80. The van der Waals surface area contributed by atoms with Crippen molar-refractivity contribution in [1.29, 1.82) is 0 Å². The van der Waals surface area contributed by atoms with Gasteiger partial charge in [0.2, 0.25) is 0 Å². The fourth-order valence-electron chi connectivity index (χ4n) is 4.05. The Labute approximate surface area is 141 Å². The largest absolute Gasteiger partial charge is 0.377 e. The SMILES string of the molecule is Cc1ccc2c(c1C)N[C@H](c1ccc([N+](=O)[O-])cc1)[C@H]1CC=C[C@H]21. The lowest BCUT2D eigenvalue weighted by Crippen LogP contribution is -2.29. The highest BCUT2D eigenvalue weighted by molar-refractivity contribution is 5.65. The number of anilines is 1. The van der Waals surface area contributed by atoms with Gasteiger partial charge in [0.05, 0.1) is 11.0 Å². The average Bonchev–Trinajstić information content (AvgIpc) is 3.07. The summed E-state index contributed by atoms with van der Waals surface area (Å²) in [6, 6.07) is 11.6. The van der Waals surface area contributed by atoms with Crippen LogP contribution in [-0.2, 0) is 0 Å². The Morgan fingerprint density at radius 3 is 2.58 bits per heavy atom. The molecule has 1 N–H and O–H groups in total. The van der Waals surface area contributed by atoms with Crippen molar-refractivity contribution in [2.45, 2.75) is 32.2 Å². The van der Waals surface area contributed by atoms with Gasteiger partial charge in [0.15, 0.2) is 0 Å². The summed E-state index contributed by atoms with van der Waals surface area (Å²) < 4.78 is 0. The van der Waals surface area contributed by atoms with Gasteiger partial charge in [-0.1, -0.05) is 36.4 Å². The fourth-order valence-corrected chi connectivity index (χ4v) is 4.05. The molecule has 4 heteroatoms. The van der Waals surface area contributed by atoms with Gasteiger partial charge in [0, 0.05) is 23.7 Å². The number of fused-ring (bicyclic) bond motifs is 3. The number of non-ortho nitro benzene ring substituents is 1. The van der Waals surface area contributed by atoms with E-state index in [9.17, 15) is 10.1 Å². The van der Waals surface area contributed by atoms with E-state index in [0.29, 0.717) is 11.8 Å². The maximum atomic E-state index is 10.9. The number of nitrogens with zero attached hydrogens (tertiary/aromatic N) is 1. The van der Waals surface area contributed by atoms with Crippen LogP contribution in [0.3, 0.4) is 0 Å². The molecule has 1 aliphatic heterocycles. The van der Waals surface area contributed by atoms with Crippen molar-refractivity contribution in [2.75, 3.05) is 5.32 Å². The van der Waals surface area contributed by atoms with Gasteiger partial charge in [-0.15, -0.1) is 0 Å². The lowest BCUT2D eigenvalue weighted by molar-refractivity contribution is -0.384. The van der Waals surface area contributed by atoms with Crippen LogP contribution in [-0.4, -0.2) is 4.92 Å². The highest BCUT2D eigenvalue weighted by Crippen LogP contribution is 2.50. The van der Waals surface area contributed by atoms with E-state index in [0.717, 1.165) is 12.0 Å². The summed E-state index contributed by atoms with van der Waals surface area (Å²) in [7, 11) is 0. The number of nitro groups is 1. The van der Waals surface area contributed by atoms with E-state index in [2.05, 4.69) is 43.4 Å². The molecule has 122 valence electrons. The number of benzene rings is 2.